The van der Waals surface area contributed by atoms with Gasteiger partial charge in [0.15, 0.2) is 0 Å². The van der Waals surface area contributed by atoms with Crippen molar-refractivity contribution in [1.29, 1.82) is 0 Å². The molecule has 0 spiro atoms. The number of thiazole rings is 1. The molecule has 2 aromatic rings. The van der Waals surface area contributed by atoms with E-state index in [4.69, 9.17) is 4.74 Å². The average molecular weight is 326 g/mol. The first kappa shape index (κ1) is 12.3. The Morgan fingerprint density at radius 2 is 2.17 bits per heavy atom. The molecule has 1 aromatic heterocycles. The summed E-state index contributed by atoms with van der Waals surface area (Å²) in [4.78, 5) is 4.65. The molecule has 1 N–H and O–H groups in total. The molecule has 94 valence electrons. The van der Waals surface area contributed by atoms with E-state index < -0.39 is 0 Å². The van der Waals surface area contributed by atoms with Crippen LogP contribution in [0.2, 0.25) is 0 Å². The van der Waals surface area contributed by atoms with Crippen molar-refractivity contribution >= 4 is 27.3 Å². The highest BCUT2D eigenvalue weighted by atomic mass is 79.9. The first-order chi connectivity index (χ1) is 8.75. The van der Waals surface area contributed by atoms with Crippen LogP contribution in [-0.4, -0.2) is 29.9 Å². The molecule has 0 saturated carbocycles. The van der Waals surface area contributed by atoms with Gasteiger partial charge in [0.1, 0.15) is 5.01 Å². The number of benzene rings is 1. The van der Waals surface area contributed by atoms with E-state index in [0.717, 1.165) is 20.7 Å². The van der Waals surface area contributed by atoms with Crippen LogP contribution < -0.4 is 0 Å². The van der Waals surface area contributed by atoms with Crippen LogP contribution in [0.3, 0.4) is 0 Å². The van der Waals surface area contributed by atoms with Gasteiger partial charge in [-0.15, -0.1) is 11.3 Å². The number of rotatable bonds is 3. The van der Waals surface area contributed by atoms with Crippen molar-refractivity contribution in [2.24, 2.45) is 0 Å². The molecule has 18 heavy (non-hydrogen) atoms. The van der Waals surface area contributed by atoms with Crippen LogP contribution in [0.25, 0.3) is 11.3 Å². The molecule has 3 rings (SSSR count). The molecule has 0 bridgehead atoms. The van der Waals surface area contributed by atoms with Gasteiger partial charge in [0.25, 0.3) is 0 Å². The molecule has 1 saturated heterocycles. The number of halogens is 1. The summed E-state index contributed by atoms with van der Waals surface area (Å²) in [6, 6.07) is 8.01. The fourth-order valence-electron chi connectivity index (χ4n) is 1.94. The van der Waals surface area contributed by atoms with Gasteiger partial charge in [-0.2, -0.15) is 0 Å². The summed E-state index contributed by atoms with van der Waals surface area (Å²) < 4.78 is 6.25. The molecule has 1 aromatic carbocycles. The number of aliphatic hydroxyl groups is 1. The fourth-order valence-corrected chi connectivity index (χ4v) is 3.42. The first-order valence-corrected chi connectivity index (χ1v) is 7.32. The monoisotopic (exact) mass is 325 g/mol. The summed E-state index contributed by atoms with van der Waals surface area (Å²) in [7, 11) is 0. The van der Waals surface area contributed by atoms with E-state index >= 15 is 0 Å². The van der Waals surface area contributed by atoms with E-state index in [2.05, 4.69) is 20.9 Å². The number of nitrogens with zero attached hydrogens (tertiary/aromatic N) is 1. The Bertz CT molecular complexity index is 560. The lowest BCUT2D eigenvalue weighted by Gasteiger charge is -2.37. The zero-order chi connectivity index (χ0) is 12.6. The molecular weight excluding hydrogens is 314 g/mol. The summed E-state index contributed by atoms with van der Waals surface area (Å²) >= 11 is 5.12. The molecule has 0 aliphatic carbocycles. The van der Waals surface area contributed by atoms with Crippen molar-refractivity contribution in [2.45, 2.75) is 5.41 Å². The Kier molecular flexibility index (Phi) is 3.23. The third-order valence-corrected chi connectivity index (χ3v) is 4.95. The molecular formula is C13H12BrNO2S. The van der Waals surface area contributed by atoms with Crippen molar-refractivity contribution in [1.82, 2.24) is 4.98 Å². The Labute approximate surface area is 118 Å². The van der Waals surface area contributed by atoms with Crippen LogP contribution in [-0.2, 0) is 10.2 Å². The van der Waals surface area contributed by atoms with Crippen molar-refractivity contribution in [3.63, 3.8) is 0 Å². The van der Waals surface area contributed by atoms with Gasteiger partial charge < -0.3 is 9.84 Å². The lowest BCUT2D eigenvalue weighted by molar-refractivity contribution is -0.0841. The first-order valence-electron chi connectivity index (χ1n) is 5.65. The van der Waals surface area contributed by atoms with E-state index in [1.165, 1.54) is 0 Å². The maximum Gasteiger partial charge on any atom is 0.106 e. The fraction of sp³-hybridized carbons (Fsp3) is 0.308. The van der Waals surface area contributed by atoms with Crippen LogP contribution in [0.5, 0.6) is 0 Å². The summed E-state index contributed by atoms with van der Waals surface area (Å²) in [6.07, 6.45) is 0. The molecule has 1 aliphatic heterocycles. The summed E-state index contributed by atoms with van der Waals surface area (Å²) in [5, 5.41) is 12.5. The highest BCUT2D eigenvalue weighted by Gasteiger charge is 2.42. The van der Waals surface area contributed by atoms with Crippen LogP contribution in [0, 0.1) is 0 Å². The summed E-state index contributed by atoms with van der Waals surface area (Å²) in [5.41, 5.74) is 1.75. The topological polar surface area (TPSA) is 42.4 Å². The van der Waals surface area contributed by atoms with Gasteiger partial charge in [0, 0.05) is 15.4 Å². The van der Waals surface area contributed by atoms with E-state index in [1.807, 2.05) is 29.6 Å². The summed E-state index contributed by atoms with van der Waals surface area (Å²) in [6.45, 7) is 1.22. The number of hydrogen-bond donors (Lipinski definition) is 1. The standard InChI is InChI=1S/C13H12BrNO2S/c14-10-4-2-1-3-9(10)11-5-18-12(15-11)13(6-16)7-17-8-13/h1-5,16H,6-8H2. The molecule has 2 heterocycles. The SMILES string of the molecule is OCC1(c2nc(-c3ccccc3Br)cs2)COC1. The predicted molar refractivity (Wildman–Crippen MR) is 74.8 cm³/mol. The highest BCUT2D eigenvalue weighted by molar-refractivity contribution is 9.10. The maximum absolute atomic E-state index is 9.50. The van der Waals surface area contributed by atoms with Crippen LogP contribution in [0.1, 0.15) is 5.01 Å². The van der Waals surface area contributed by atoms with Crippen molar-refractivity contribution in [3.05, 3.63) is 39.1 Å². The van der Waals surface area contributed by atoms with E-state index in [1.54, 1.807) is 11.3 Å². The number of ether oxygens (including phenoxy) is 1. The third kappa shape index (κ3) is 1.91. The molecule has 0 radical (unpaired) electrons. The third-order valence-electron chi connectivity index (χ3n) is 3.17. The molecule has 1 fully saturated rings. The Hall–Kier alpha value is -0.750. The van der Waals surface area contributed by atoms with Crippen LogP contribution in [0.15, 0.2) is 34.1 Å². The average Bonchev–Trinajstić information content (AvgIpc) is 2.79. The van der Waals surface area contributed by atoms with E-state index in [9.17, 15) is 5.11 Å². The normalized spacial score (nSPS) is 17.4. The second-order valence-electron chi connectivity index (χ2n) is 4.45. The summed E-state index contributed by atoms with van der Waals surface area (Å²) in [5.74, 6) is 0. The maximum atomic E-state index is 9.50. The zero-order valence-electron chi connectivity index (χ0n) is 9.60. The van der Waals surface area contributed by atoms with E-state index in [-0.39, 0.29) is 12.0 Å². The van der Waals surface area contributed by atoms with Gasteiger partial charge in [-0.3, -0.25) is 0 Å². The Morgan fingerprint density at radius 3 is 2.78 bits per heavy atom. The van der Waals surface area contributed by atoms with Gasteiger partial charge >= 0.3 is 0 Å². The zero-order valence-corrected chi connectivity index (χ0v) is 12.0. The lowest BCUT2D eigenvalue weighted by Crippen LogP contribution is -2.49. The smallest absolute Gasteiger partial charge is 0.106 e. The quantitative estimate of drug-likeness (QED) is 0.943. The van der Waals surface area contributed by atoms with Crippen LogP contribution >= 0.6 is 27.3 Å². The minimum atomic E-state index is -0.274. The minimum Gasteiger partial charge on any atom is -0.395 e. The van der Waals surface area contributed by atoms with E-state index in [0.29, 0.717) is 13.2 Å². The molecule has 5 heteroatoms. The van der Waals surface area contributed by atoms with Crippen molar-refractivity contribution in [3.8, 4) is 11.3 Å². The predicted octanol–water partition coefficient (Wildman–Crippen LogP) is 2.83. The van der Waals surface area contributed by atoms with Gasteiger partial charge in [-0.05, 0) is 6.07 Å². The second kappa shape index (κ2) is 4.74. The number of aromatic nitrogens is 1. The highest BCUT2D eigenvalue weighted by Crippen LogP contribution is 2.37. The number of hydrogen-bond acceptors (Lipinski definition) is 4. The van der Waals surface area contributed by atoms with Gasteiger partial charge in [0.2, 0.25) is 0 Å². The molecule has 1 aliphatic rings. The van der Waals surface area contributed by atoms with Crippen LogP contribution in [0.4, 0.5) is 0 Å². The lowest BCUT2D eigenvalue weighted by atomic mass is 9.88. The van der Waals surface area contributed by atoms with Gasteiger partial charge in [0.05, 0.1) is 30.9 Å². The van der Waals surface area contributed by atoms with Gasteiger partial charge in [-0.25, -0.2) is 4.98 Å². The molecule has 0 amide bonds. The van der Waals surface area contributed by atoms with Gasteiger partial charge in [-0.1, -0.05) is 34.1 Å². The van der Waals surface area contributed by atoms with Crippen molar-refractivity contribution in [2.75, 3.05) is 19.8 Å². The second-order valence-corrected chi connectivity index (χ2v) is 6.16. The Morgan fingerprint density at radius 1 is 1.39 bits per heavy atom. The van der Waals surface area contributed by atoms with Crippen molar-refractivity contribution < 1.29 is 9.84 Å². The molecule has 3 nitrogen and oxygen atoms in total. The number of aliphatic hydroxyl groups excluding tert-OH is 1. The minimum absolute atomic E-state index is 0.0932. The largest absolute Gasteiger partial charge is 0.395 e. The molecule has 0 unspecified atom stereocenters. The Balaban J connectivity index is 1.97. The molecule has 0 atom stereocenters.